The second-order valence-corrected chi connectivity index (χ2v) is 8.78. The maximum atomic E-state index is 13.2. The first-order valence-corrected chi connectivity index (χ1v) is 11.6. The first kappa shape index (κ1) is 21.2. The third kappa shape index (κ3) is 4.23. The Hall–Kier alpha value is -3.61. The Kier molecular flexibility index (Phi) is 5.86. The monoisotopic (exact) mass is 444 g/mol. The number of rotatable bonds is 5. The zero-order valence-corrected chi connectivity index (χ0v) is 18.5. The molecule has 3 aromatic rings. The Labute approximate surface area is 193 Å². The van der Waals surface area contributed by atoms with Crippen LogP contribution < -0.4 is 10.2 Å². The van der Waals surface area contributed by atoms with Crippen LogP contribution in [0.5, 0.6) is 5.75 Å². The van der Waals surface area contributed by atoms with Gasteiger partial charge in [-0.2, -0.15) is 0 Å². The summed E-state index contributed by atoms with van der Waals surface area (Å²) in [6.45, 7) is 2.95. The van der Waals surface area contributed by atoms with Gasteiger partial charge in [0.05, 0.1) is 5.56 Å². The molecule has 1 atom stereocenters. The smallest absolute Gasteiger partial charge is 0.258 e. The number of phenols is 1. The number of pyridine rings is 1. The number of anilines is 1. The number of carbonyl (C=O) groups is 2. The Morgan fingerprint density at radius 1 is 1.00 bits per heavy atom. The highest BCUT2D eigenvalue weighted by Gasteiger charge is 2.35. The van der Waals surface area contributed by atoms with E-state index in [4.69, 9.17) is 0 Å². The molecule has 2 N–H and O–H groups in total. The number of amides is 2. The SMILES string of the molecule is O=C(NCc1ccc(N2CCCC2)nc1)C1CCCN1C(=O)c1ccc2ccccc2c1O. The average molecular weight is 445 g/mol. The minimum atomic E-state index is -0.541. The van der Waals surface area contributed by atoms with Gasteiger partial charge in [0, 0.05) is 37.8 Å². The van der Waals surface area contributed by atoms with E-state index in [1.54, 1.807) is 23.2 Å². The molecule has 1 aromatic heterocycles. The van der Waals surface area contributed by atoms with E-state index in [0.717, 1.165) is 36.3 Å². The first-order valence-electron chi connectivity index (χ1n) is 11.6. The number of nitrogens with zero attached hydrogens (tertiary/aromatic N) is 3. The molecule has 0 bridgehead atoms. The average Bonchev–Trinajstić information content (AvgIpc) is 3.56. The lowest BCUT2D eigenvalue weighted by molar-refractivity contribution is -0.125. The number of nitrogens with one attached hydrogen (secondary N) is 1. The summed E-state index contributed by atoms with van der Waals surface area (Å²) in [5, 5.41) is 15.2. The molecule has 0 saturated carbocycles. The van der Waals surface area contributed by atoms with Gasteiger partial charge in [0.1, 0.15) is 17.6 Å². The van der Waals surface area contributed by atoms with E-state index in [9.17, 15) is 14.7 Å². The molecule has 0 spiro atoms. The maximum Gasteiger partial charge on any atom is 0.258 e. The fourth-order valence-corrected chi connectivity index (χ4v) is 4.83. The lowest BCUT2D eigenvalue weighted by atomic mass is 10.0. The standard InChI is InChI=1S/C26H28N4O3/c31-24-20-7-2-1-6-19(20)10-11-21(24)26(33)30-15-5-8-22(30)25(32)28-17-18-9-12-23(27-16-18)29-13-3-4-14-29/h1-2,6-7,9-12,16,22,31H,3-5,8,13-15,17H2,(H,28,32). The van der Waals surface area contributed by atoms with Crippen LogP contribution in [0.1, 0.15) is 41.6 Å². The second kappa shape index (κ2) is 9.10. The molecule has 170 valence electrons. The third-order valence-corrected chi connectivity index (χ3v) is 6.65. The summed E-state index contributed by atoms with van der Waals surface area (Å²) in [6.07, 6.45) is 5.57. The molecule has 0 aliphatic carbocycles. The molecule has 0 radical (unpaired) electrons. The van der Waals surface area contributed by atoms with Gasteiger partial charge in [0.2, 0.25) is 5.91 Å². The number of fused-ring (bicyclic) bond motifs is 1. The summed E-state index contributed by atoms with van der Waals surface area (Å²) in [4.78, 5) is 34.6. The summed E-state index contributed by atoms with van der Waals surface area (Å²) >= 11 is 0. The molecule has 7 heteroatoms. The number of aromatic nitrogens is 1. The number of likely N-dealkylation sites (tertiary alicyclic amines) is 1. The molecule has 2 fully saturated rings. The fourth-order valence-electron chi connectivity index (χ4n) is 4.83. The first-order chi connectivity index (χ1) is 16.1. The Bertz CT molecular complexity index is 1170. The lowest BCUT2D eigenvalue weighted by Crippen LogP contribution is -2.45. The van der Waals surface area contributed by atoms with E-state index < -0.39 is 6.04 Å². The minimum absolute atomic E-state index is 0.0340. The molecule has 5 rings (SSSR count). The van der Waals surface area contributed by atoms with Gasteiger partial charge in [0.25, 0.3) is 5.91 Å². The van der Waals surface area contributed by atoms with E-state index in [1.165, 1.54) is 12.8 Å². The minimum Gasteiger partial charge on any atom is -0.506 e. The summed E-state index contributed by atoms with van der Waals surface area (Å²) in [6, 6.07) is 14.3. The molecule has 3 heterocycles. The fraction of sp³-hybridized carbons (Fsp3) is 0.346. The molecule has 33 heavy (non-hydrogen) atoms. The summed E-state index contributed by atoms with van der Waals surface area (Å²) < 4.78 is 0. The Balaban J connectivity index is 1.25. The van der Waals surface area contributed by atoms with Crippen molar-refractivity contribution in [1.29, 1.82) is 0 Å². The molecule has 1 unspecified atom stereocenters. The van der Waals surface area contributed by atoms with Crippen LogP contribution in [0.2, 0.25) is 0 Å². The van der Waals surface area contributed by atoms with Crippen molar-refractivity contribution in [3.05, 3.63) is 65.9 Å². The van der Waals surface area contributed by atoms with Crippen LogP contribution in [-0.4, -0.2) is 52.5 Å². The van der Waals surface area contributed by atoms with E-state index in [1.807, 2.05) is 36.4 Å². The maximum absolute atomic E-state index is 13.2. The van der Waals surface area contributed by atoms with Gasteiger partial charge in [-0.15, -0.1) is 0 Å². The van der Waals surface area contributed by atoms with Gasteiger partial charge >= 0.3 is 0 Å². The van der Waals surface area contributed by atoms with E-state index in [0.29, 0.717) is 24.9 Å². The molecule has 2 aromatic carbocycles. The summed E-state index contributed by atoms with van der Waals surface area (Å²) in [5.74, 6) is 0.455. The third-order valence-electron chi connectivity index (χ3n) is 6.65. The zero-order chi connectivity index (χ0) is 22.8. The predicted molar refractivity (Wildman–Crippen MR) is 127 cm³/mol. The van der Waals surface area contributed by atoms with Crippen molar-refractivity contribution < 1.29 is 14.7 Å². The van der Waals surface area contributed by atoms with Crippen LogP contribution in [0, 0.1) is 0 Å². The van der Waals surface area contributed by atoms with Crippen LogP contribution in [0.4, 0.5) is 5.82 Å². The molecule has 2 amide bonds. The molecule has 2 aliphatic rings. The highest BCUT2D eigenvalue weighted by Crippen LogP contribution is 2.31. The molecule has 2 aliphatic heterocycles. The number of benzene rings is 2. The van der Waals surface area contributed by atoms with Crippen molar-refractivity contribution >= 4 is 28.4 Å². The van der Waals surface area contributed by atoms with Gasteiger partial charge < -0.3 is 20.2 Å². The predicted octanol–water partition coefficient (Wildman–Crippen LogP) is 3.46. The van der Waals surface area contributed by atoms with Crippen LogP contribution in [0.3, 0.4) is 0 Å². The van der Waals surface area contributed by atoms with Crippen molar-refractivity contribution in [2.24, 2.45) is 0 Å². The van der Waals surface area contributed by atoms with Crippen molar-refractivity contribution in [3.63, 3.8) is 0 Å². The molecule has 7 nitrogen and oxygen atoms in total. The number of aromatic hydroxyl groups is 1. The van der Waals surface area contributed by atoms with Crippen molar-refractivity contribution in [2.45, 2.75) is 38.3 Å². The number of hydrogen-bond acceptors (Lipinski definition) is 5. The van der Waals surface area contributed by atoms with Gasteiger partial charge in [0.15, 0.2) is 0 Å². The van der Waals surface area contributed by atoms with Crippen LogP contribution in [0.25, 0.3) is 10.8 Å². The van der Waals surface area contributed by atoms with Crippen molar-refractivity contribution in [3.8, 4) is 5.75 Å². The van der Waals surface area contributed by atoms with E-state index in [2.05, 4.69) is 15.2 Å². The normalized spacial score (nSPS) is 18.1. The highest BCUT2D eigenvalue weighted by atomic mass is 16.3. The molecular formula is C26H28N4O3. The van der Waals surface area contributed by atoms with Crippen LogP contribution >= 0.6 is 0 Å². The van der Waals surface area contributed by atoms with E-state index >= 15 is 0 Å². The largest absolute Gasteiger partial charge is 0.506 e. The Morgan fingerprint density at radius 3 is 2.61 bits per heavy atom. The number of phenolic OH excluding ortho intramolecular Hbond substituents is 1. The molecule has 2 saturated heterocycles. The van der Waals surface area contributed by atoms with Crippen molar-refractivity contribution in [2.75, 3.05) is 24.5 Å². The molecular weight excluding hydrogens is 416 g/mol. The lowest BCUT2D eigenvalue weighted by Gasteiger charge is -2.24. The summed E-state index contributed by atoms with van der Waals surface area (Å²) in [7, 11) is 0. The van der Waals surface area contributed by atoms with Crippen molar-refractivity contribution in [1.82, 2.24) is 15.2 Å². The quantitative estimate of drug-likeness (QED) is 0.630. The van der Waals surface area contributed by atoms with Crippen LogP contribution in [-0.2, 0) is 11.3 Å². The second-order valence-electron chi connectivity index (χ2n) is 8.78. The zero-order valence-electron chi connectivity index (χ0n) is 18.5. The number of carbonyl (C=O) groups excluding carboxylic acids is 2. The number of hydrogen-bond donors (Lipinski definition) is 2. The van der Waals surface area contributed by atoms with Gasteiger partial charge in [-0.3, -0.25) is 9.59 Å². The van der Waals surface area contributed by atoms with Gasteiger partial charge in [-0.05, 0) is 48.8 Å². The summed E-state index contributed by atoms with van der Waals surface area (Å²) in [5.41, 5.74) is 1.16. The van der Waals surface area contributed by atoms with Gasteiger partial charge in [-0.1, -0.05) is 36.4 Å². The van der Waals surface area contributed by atoms with E-state index in [-0.39, 0.29) is 23.1 Å². The highest BCUT2D eigenvalue weighted by molar-refractivity contribution is 6.05. The van der Waals surface area contributed by atoms with Gasteiger partial charge in [-0.25, -0.2) is 4.98 Å². The topological polar surface area (TPSA) is 85.8 Å². The van der Waals surface area contributed by atoms with Crippen LogP contribution in [0.15, 0.2) is 54.7 Å². The Morgan fingerprint density at radius 2 is 1.82 bits per heavy atom.